The zero-order valence-electron chi connectivity index (χ0n) is 15.3. The van der Waals surface area contributed by atoms with E-state index in [4.69, 9.17) is 9.84 Å². The molecule has 1 atom stereocenters. The lowest BCUT2D eigenvalue weighted by molar-refractivity contribution is 0.0198. The molecule has 1 heterocycles. The molecule has 1 aromatic heterocycles. The Morgan fingerprint density at radius 3 is 2.68 bits per heavy atom. The van der Waals surface area contributed by atoms with Crippen molar-refractivity contribution in [2.75, 3.05) is 20.2 Å². The number of aryl methyl sites for hydroxylation is 1. The number of aromatic nitrogens is 2. The first-order valence-electron chi connectivity index (χ1n) is 8.41. The summed E-state index contributed by atoms with van der Waals surface area (Å²) in [5, 5.41) is 25.1. The van der Waals surface area contributed by atoms with Gasteiger partial charge in [-0.25, -0.2) is 4.79 Å². The van der Waals surface area contributed by atoms with E-state index < -0.39 is 17.8 Å². The summed E-state index contributed by atoms with van der Waals surface area (Å²) in [6.45, 7) is 6.02. The van der Waals surface area contributed by atoms with Crippen molar-refractivity contribution in [1.82, 2.24) is 14.7 Å². The third kappa shape index (κ3) is 4.93. The molecule has 0 fully saturated rings. The fraction of sp³-hybridized carbons (Fsp3) is 0.556. The van der Waals surface area contributed by atoms with Gasteiger partial charge in [-0.2, -0.15) is 5.10 Å². The first-order valence-corrected chi connectivity index (χ1v) is 8.41. The van der Waals surface area contributed by atoms with Crippen molar-refractivity contribution in [3.63, 3.8) is 0 Å². The molecular formula is C18H27N3O4. The van der Waals surface area contributed by atoms with Crippen LogP contribution in [0.2, 0.25) is 0 Å². The summed E-state index contributed by atoms with van der Waals surface area (Å²) in [6.07, 6.45) is -0.865. The van der Waals surface area contributed by atoms with Crippen LogP contribution >= 0.6 is 0 Å². The summed E-state index contributed by atoms with van der Waals surface area (Å²) < 4.78 is 7.02. The lowest BCUT2D eigenvalue weighted by Crippen LogP contribution is -2.36. The topological polar surface area (TPSA) is 87.8 Å². The zero-order valence-corrected chi connectivity index (χ0v) is 15.3. The van der Waals surface area contributed by atoms with Gasteiger partial charge in [-0.05, 0) is 33.3 Å². The maximum absolute atomic E-state index is 12.1. The Morgan fingerprint density at radius 1 is 1.36 bits per heavy atom. The van der Waals surface area contributed by atoms with Crippen LogP contribution in [0.15, 0.2) is 24.3 Å². The fourth-order valence-corrected chi connectivity index (χ4v) is 2.60. The quantitative estimate of drug-likeness (QED) is 0.836. The molecule has 138 valence electrons. The minimum absolute atomic E-state index is 0.0452. The standard InChI is InChI=1S/C18H27N3O4/c1-18(2,3)25-17(24)20(4)12-15(23)16-13-8-5-6-9-14(13)19-21(16)10-7-11-22/h5-6,8-9,15,22-23H,7,10-12H2,1-4H3. The van der Waals surface area contributed by atoms with Crippen molar-refractivity contribution in [3.8, 4) is 0 Å². The number of amides is 1. The van der Waals surface area contributed by atoms with Gasteiger partial charge in [0.25, 0.3) is 0 Å². The molecule has 1 amide bonds. The molecule has 0 saturated heterocycles. The smallest absolute Gasteiger partial charge is 0.410 e. The van der Waals surface area contributed by atoms with Crippen LogP contribution < -0.4 is 0 Å². The third-order valence-corrected chi connectivity index (χ3v) is 3.68. The van der Waals surface area contributed by atoms with Gasteiger partial charge in [0, 0.05) is 25.6 Å². The van der Waals surface area contributed by atoms with E-state index in [0.717, 1.165) is 10.9 Å². The number of hydrogen-bond acceptors (Lipinski definition) is 5. The van der Waals surface area contributed by atoms with Gasteiger partial charge in [-0.15, -0.1) is 0 Å². The Kier molecular flexibility index (Phi) is 6.02. The number of fused-ring (bicyclic) bond motifs is 1. The average Bonchev–Trinajstić information content (AvgIpc) is 2.89. The van der Waals surface area contributed by atoms with E-state index in [9.17, 15) is 9.90 Å². The number of likely N-dealkylation sites (N-methyl/N-ethyl adjacent to an activating group) is 1. The lowest BCUT2D eigenvalue weighted by atomic mass is 10.1. The van der Waals surface area contributed by atoms with Crippen LogP contribution in [-0.2, 0) is 11.3 Å². The van der Waals surface area contributed by atoms with Gasteiger partial charge in [0.1, 0.15) is 11.7 Å². The monoisotopic (exact) mass is 349 g/mol. The first kappa shape index (κ1) is 19.2. The molecule has 0 saturated carbocycles. The average molecular weight is 349 g/mol. The van der Waals surface area contributed by atoms with Crippen LogP contribution in [-0.4, -0.2) is 56.8 Å². The molecule has 1 aromatic carbocycles. The molecule has 0 aliphatic carbocycles. The van der Waals surface area contributed by atoms with Gasteiger partial charge in [-0.3, -0.25) is 4.68 Å². The van der Waals surface area contributed by atoms with Crippen LogP contribution in [0.3, 0.4) is 0 Å². The van der Waals surface area contributed by atoms with E-state index in [1.807, 2.05) is 24.3 Å². The molecular weight excluding hydrogens is 322 g/mol. The summed E-state index contributed by atoms with van der Waals surface area (Å²) in [7, 11) is 1.59. The summed E-state index contributed by atoms with van der Waals surface area (Å²) in [4.78, 5) is 13.5. The Labute approximate surface area is 147 Å². The normalized spacial score (nSPS) is 13.0. The highest BCUT2D eigenvalue weighted by Gasteiger charge is 2.25. The Balaban J connectivity index is 2.22. The highest BCUT2D eigenvalue weighted by molar-refractivity contribution is 5.82. The number of ether oxygens (including phenoxy) is 1. The molecule has 7 nitrogen and oxygen atoms in total. The lowest BCUT2D eigenvalue weighted by Gasteiger charge is -2.26. The predicted molar refractivity (Wildman–Crippen MR) is 95.3 cm³/mol. The van der Waals surface area contributed by atoms with Crippen LogP contribution in [0, 0.1) is 0 Å². The third-order valence-electron chi connectivity index (χ3n) is 3.68. The minimum Gasteiger partial charge on any atom is -0.444 e. The molecule has 2 aromatic rings. The number of aliphatic hydroxyl groups is 2. The molecule has 1 unspecified atom stereocenters. The van der Waals surface area contributed by atoms with E-state index in [1.165, 1.54) is 4.90 Å². The van der Waals surface area contributed by atoms with Gasteiger partial charge in [-0.1, -0.05) is 18.2 Å². The van der Waals surface area contributed by atoms with Crippen molar-refractivity contribution in [2.24, 2.45) is 0 Å². The SMILES string of the molecule is CN(CC(O)c1c2ccccc2nn1CCCO)C(=O)OC(C)(C)C. The van der Waals surface area contributed by atoms with Crippen molar-refractivity contribution < 1.29 is 19.7 Å². The molecule has 0 spiro atoms. The van der Waals surface area contributed by atoms with Crippen LogP contribution in [0.5, 0.6) is 0 Å². The summed E-state index contributed by atoms with van der Waals surface area (Å²) in [5.74, 6) is 0. The molecule has 0 aliphatic heterocycles. The van der Waals surface area contributed by atoms with Crippen molar-refractivity contribution in [1.29, 1.82) is 0 Å². The molecule has 0 aliphatic rings. The number of hydrogen-bond donors (Lipinski definition) is 2. The molecule has 0 radical (unpaired) electrons. The number of rotatable bonds is 6. The molecule has 2 N–H and O–H groups in total. The Bertz CT molecular complexity index is 721. The first-order chi connectivity index (χ1) is 11.7. The summed E-state index contributed by atoms with van der Waals surface area (Å²) in [5.41, 5.74) is 0.820. The van der Waals surface area contributed by atoms with Crippen molar-refractivity contribution >= 4 is 17.0 Å². The zero-order chi connectivity index (χ0) is 18.6. The van der Waals surface area contributed by atoms with Gasteiger partial charge in [0.2, 0.25) is 0 Å². The number of benzene rings is 1. The highest BCUT2D eigenvalue weighted by atomic mass is 16.6. The molecule has 25 heavy (non-hydrogen) atoms. The second-order valence-electron chi connectivity index (χ2n) is 7.08. The van der Waals surface area contributed by atoms with Crippen molar-refractivity contribution in [2.45, 2.75) is 45.4 Å². The van der Waals surface area contributed by atoms with E-state index >= 15 is 0 Å². The minimum atomic E-state index is -0.913. The highest BCUT2D eigenvalue weighted by Crippen LogP contribution is 2.25. The van der Waals surface area contributed by atoms with Gasteiger partial charge in [0.15, 0.2) is 0 Å². The number of carbonyl (C=O) groups excluding carboxylic acids is 1. The summed E-state index contributed by atoms with van der Waals surface area (Å²) in [6, 6.07) is 7.53. The second kappa shape index (κ2) is 7.84. The fourth-order valence-electron chi connectivity index (χ4n) is 2.60. The Morgan fingerprint density at radius 2 is 2.04 bits per heavy atom. The molecule has 0 bridgehead atoms. The maximum atomic E-state index is 12.1. The van der Waals surface area contributed by atoms with Crippen LogP contribution in [0.4, 0.5) is 4.79 Å². The van der Waals surface area contributed by atoms with Gasteiger partial charge in [0.05, 0.1) is 17.8 Å². The largest absolute Gasteiger partial charge is 0.444 e. The van der Waals surface area contributed by atoms with E-state index in [1.54, 1.807) is 32.5 Å². The van der Waals surface area contributed by atoms with Crippen molar-refractivity contribution in [3.05, 3.63) is 30.0 Å². The second-order valence-corrected chi connectivity index (χ2v) is 7.08. The van der Waals surface area contributed by atoms with E-state index in [0.29, 0.717) is 18.7 Å². The number of carbonyl (C=O) groups is 1. The Hall–Kier alpha value is -2.12. The maximum Gasteiger partial charge on any atom is 0.410 e. The molecule has 7 heteroatoms. The van der Waals surface area contributed by atoms with E-state index in [-0.39, 0.29) is 13.2 Å². The van der Waals surface area contributed by atoms with Gasteiger partial charge < -0.3 is 19.8 Å². The number of aliphatic hydroxyl groups excluding tert-OH is 2. The van der Waals surface area contributed by atoms with Crippen LogP contribution in [0.25, 0.3) is 10.9 Å². The van der Waals surface area contributed by atoms with E-state index in [2.05, 4.69) is 5.10 Å². The summed E-state index contributed by atoms with van der Waals surface area (Å²) >= 11 is 0. The van der Waals surface area contributed by atoms with Crippen LogP contribution in [0.1, 0.15) is 39.0 Å². The van der Waals surface area contributed by atoms with Gasteiger partial charge >= 0.3 is 6.09 Å². The number of nitrogens with zero attached hydrogens (tertiary/aromatic N) is 3. The molecule has 2 rings (SSSR count). The predicted octanol–water partition coefficient (Wildman–Crippen LogP) is 2.32.